The van der Waals surface area contributed by atoms with Gasteiger partial charge in [0.2, 0.25) is 5.91 Å². The highest BCUT2D eigenvalue weighted by molar-refractivity contribution is 5.82. The number of hydrogen-bond acceptors (Lipinski definition) is 2. The first-order valence-corrected chi connectivity index (χ1v) is 5.60. The predicted molar refractivity (Wildman–Crippen MR) is 57.8 cm³/mol. The van der Waals surface area contributed by atoms with E-state index in [2.05, 4.69) is 13.8 Å². The average molecular weight is 198 g/mol. The molecule has 3 heteroatoms. The lowest BCUT2D eigenvalue weighted by Gasteiger charge is -2.24. The maximum atomic E-state index is 11.9. The van der Waals surface area contributed by atoms with Crippen LogP contribution in [-0.2, 0) is 4.79 Å². The summed E-state index contributed by atoms with van der Waals surface area (Å²) in [6.45, 7) is 8.08. The third-order valence-corrected chi connectivity index (χ3v) is 3.28. The van der Waals surface area contributed by atoms with Gasteiger partial charge in [-0.2, -0.15) is 0 Å². The molecular formula is C11H22N2O. The van der Waals surface area contributed by atoms with Crippen molar-refractivity contribution >= 4 is 5.91 Å². The molecule has 1 aliphatic rings. The second-order valence-corrected chi connectivity index (χ2v) is 4.59. The van der Waals surface area contributed by atoms with Gasteiger partial charge < -0.3 is 10.6 Å². The van der Waals surface area contributed by atoms with Crippen LogP contribution < -0.4 is 5.73 Å². The Bertz CT molecular complexity index is 201. The van der Waals surface area contributed by atoms with Crippen LogP contribution in [0.25, 0.3) is 0 Å². The third-order valence-electron chi connectivity index (χ3n) is 3.28. The summed E-state index contributed by atoms with van der Waals surface area (Å²) in [7, 11) is 0. The van der Waals surface area contributed by atoms with Gasteiger partial charge in [0.15, 0.2) is 0 Å². The highest BCUT2D eigenvalue weighted by Crippen LogP contribution is 2.17. The number of nitrogens with zero attached hydrogens (tertiary/aromatic N) is 1. The minimum atomic E-state index is -0.301. The molecule has 1 amide bonds. The van der Waals surface area contributed by atoms with Gasteiger partial charge in [-0.15, -0.1) is 0 Å². The molecule has 1 heterocycles. The van der Waals surface area contributed by atoms with Crippen molar-refractivity contribution in [3.05, 3.63) is 0 Å². The van der Waals surface area contributed by atoms with Gasteiger partial charge in [0.25, 0.3) is 0 Å². The third kappa shape index (κ3) is 2.47. The molecule has 1 rings (SSSR count). The average Bonchev–Trinajstić information content (AvgIpc) is 2.61. The van der Waals surface area contributed by atoms with Gasteiger partial charge in [-0.1, -0.05) is 27.2 Å². The van der Waals surface area contributed by atoms with Crippen molar-refractivity contribution in [1.29, 1.82) is 0 Å². The number of nitrogens with two attached hydrogens (primary N) is 1. The fraction of sp³-hybridized carbons (Fsp3) is 0.909. The quantitative estimate of drug-likeness (QED) is 0.741. The van der Waals surface area contributed by atoms with E-state index in [0.29, 0.717) is 11.8 Å². The summed E-state index contributed by atoms with van der Waals surface area (Å²) in [5, 5.41) is 0. The lowest BCUT2D eigenvalue weighted by molar-refractivity contribution is -0.132. The van der Waals surface area contributed by atoms with Gasteiger partial charge in [0.1, 0.15) is 0 Å². The van der Waals surface area contributed by atoms with Crippen molar-refractivity contribution in [3.8, 4) is 0 Å². The van der Waals surface area contributed by atoms with Crippen LogP contribution in [0.4, 0.5) is 0 Å². The molecule has 1 fully saturated rings. The highest BCUT2D eigenvalue weighted by Gasteiger charge is 2.29. The van der Waals surface area contributed by atoms with Crippen molar-refractivity contribution in [2.45, 2.75) is 39.7 Å². The Hall–Kier alpha value is -0.570. The van der Waals surface area contributed by atoms with Crippen LogP contribution in [0.1, 0.15) is 33.6 Å². The molecular weight excluding hydrogens is 176 g/mol. The Morgan fingerprint density at radius 1 is 1.64 bits per heavy atom. The van der Waals surface area contributed by atoms with E-state index in [1.54, 1.807) is 0 Å². The van der Waals surface area contributed by atoms with E-state index in [4.69, 9.17) is 5.73 Å². The first-order chi connectivity index (χ1) is 6.56. The SMILES string of the molecule is CC[C@H](C)[C@H](N)C(=O)N1CCC(C)C1. The molecule has 0 aromatic carbocycles. The Kier molecular flexibility index (Phi) is 3.93. The number of carbonyl (C=O) groups excluding carboxylic acids is 1. The monoisotopic (exact) mass is 198 g/mol. The molecule has 1 unspecified atom stereocenters. The summed E-state index contributed by atoms with van der Waals surface area (Å²) in [6.07, 6.45) is 2.09. The van der Waals surface area contributed by atoms with Gasteiger partial charge >= 0.3 is 0 Å². The summed E-state index contributed by atoms with van der Waals surface area (Å²) < 4.78 is 0. The molecule has 0 spiro atoms. The maximum absolute atomic E-state index is 11.9. The topological polar surface area (TPSA) is 46.3 Å². The Labute approximate surface area is 86.6 Å². The van der Waals surface area contributed by atoms with Crippen LogP contribution in [0.5, 0.6) is 0 Å². The lowest BCUT2D eigenvalue weighted by atomic mass is 9.99. The first kappa shape index (κ1) is 11.5. The summed E-state index contributed by atoms with van der Waals surface area (Å²) >= 11 is 0. The minimum absolute atomic E-state index is 0.142. The Morgan fingerprint density at radius 2 is 2.29 bits per heavy atom. The zero-order valence-electron chi connectivity index (χ0n) is 9.49. The molecule has 0 radical (unpaired) electrons. The van der Waals surface area contributed by atoms with E-state index in [9.17, 15) is 4.79 Å². The fourth-order valence-corrected chi connectivity index (χ4v) is 1.84. The van der Waals surface area contributed by atoms with E-state index in [1.165, 1.54) is 0 Å². The maximum Gasteiger partial charge on any atom is 0.239 e. The van der Waals surface area contributed by atoms with E-state index in [0.717, 1.165) is 25.9 Å². The van der Waals surface area contributed by atoms with Crippen LogP contribution in [0.15, 0.2) is 0 Å². The molecule has 3 atom stereocenters. The van der Waals surface area contributed by atoms with Crippen LogP contribution in [0.3, 0.4) is 0 Å². The number of rotatable bonds is 3. The molecule has 1 aliphatic heterocycles. The van der Waals surface area contributed by atoms with Gasteiger partial charge in [-0.05, 0) is 18.3 Å². The molecule has 0 aromatic rings. The minimum Gasteiger partial charge on any atom is -0.341 e. The Balaban J connectivity index is 2.48. The van der Waals surface area contributed by atoms with E-state index < -0.39 is 0 Å². The smallest absolute Gasteiger partial charge is 0.239 e. The standard InChI is InChI=1S/C11H22N2O/c1-4-9(3)10(12)11(14)13-6-5-8(2)7-13/h8-10H,4-7,12H2,1-3H3/t8?,9-,10-/m0/s1. The number of carbonyl (C=O) groups is 1. The molecule has 0 bridgehead atoms. The highest BCUT2D eigenvalue weighted by atomic mass is 16.2. The van der Waals surface area contributed by atoms with Crippen molar-refractivity contribution in [2.75, 3.05) is 13.1 Å². The van der Waals surface area contributed by atoms with Gasteiger partial charge in [0.05, 0.1) is 6.04 Å². The largest absolute Gasteiger partial charge is 0.341 e. The van der Waals surface area contributed by atoms with Crippen molar-refractivity contribution in [1.82, 2.24) is 4.90 Å². The molecule has 0 aromatic heterocycles. The zero-order valence-corrected chi connectivity index (χ0v) is 9.49. The number of likely N-dealkylation sites (tertiary alicyclic amines) is 1. The molecule has 3 nitrogen and oxygen atoms in total. The normalized spacial score (nSPS) is 26.3. The van der Waals surface area contributed by atoms with Gasteiger partial charge in [0, 0.05) is 13.1 Å². The fourth-order valence-electron chi connectivity index (χ4n) is 1.84. The van der Waals surface area contributed by atoms with Crippen molar-refractivity contribution in [3.63, 3.8) is 0 Å². The summed E-state index contributed by atoms with van der Waals surface area (Å²) in [5.41, 5.74) is 5.91. The molecule has 0 aliphatic carbocycles. The van der Waals surface area contributed by atoms with Crippen LogP contribution in [-0.4, -0.2) is 29.9 Å². The lowest BCUT2D eigenvalue weighted by Crippen LogP contribution is -2.46. The zero-order chi connectivity index (χ0) is 10.7. The molecule has 1 saturated heterocycles. The van der Waals surface area contributed by atoms with Gasteiger partial charge in [-0.3, -0.25) is 4.79 Å². The van der Waals surface area contributed by atoms with Gasteiger partial charge in [-0.25, -0.2) is 0 Å². The van der Waals surface area contributed by atoms with E-state index in [-0.39, 0.29) is 11.9 Å². The summed E-state index contributed by atoms with van der Waals surface area (Å²) in [4.78, 5) is 13.8. The van der Waals surface area contributed by atoms with E-state index >= 15 is 0 Å². The second-order valence-electron chi connectivity index (χ2n) is 4.59. The summed E-state index contributed by atoms with van der Waals surface area (Å²) in [6, 6.07) is -0.301. The van der Waals surface area contributed by atoms with E-state index in [1.807, 2.05) is 11.8 Å². The molecule has 0 saturated carbocycles. The molecule has 82 valence electrons. The molecule has 2 N–H and O–H groups in total. The number of hydrogen-bond donors (Lipinski definition) is 1. The van der Waals surface area contributed by atoms with Crippen LogP contribution >= 0.6 is 0 Å². The molecule has 14 heavy (non-hydrogen) atoms. The second kappa shape index (κ2) is 4.78. The summed E-state index contributed by atoms with van der Waals surface area (Å²) in [5.74, 6) is 1.07. The predicted octanol–water partition coefficient (Wildman–Crippen LogP) is 1.23. The van der Waals surface area contributed by atoms with Crippen molar-refractivity contribution in [2.24, 2.45) is 17.6 Å². The van der Waals surface area contributed by atoms with Crippen LogP contribution in [0.2, 0.25) is 0 Å². The number of amides is 1. The van der Waals surface area contributed by atoms with Crippen molar-refractivity contribution < 1.29 is 4.79 Å². The Morgan fingerprint density at radius 3 is 2.71 bits per heavy atom. The van der Waals surface area contributed by atoms with Crippen LogP contribution in [0, 0.1) is 11.8 Å². The first-order valence-electron chi connectivity index (χ1n) is 5.60.